The van der Waals surface area contributed by atoms with Crippen molar-refractivity contribution in [3.05, 3.63) is 69.7 Å². The number of amides is 3. The van der Waals surface area contributed by atoms with Gasteiger partial charge in [-0.3, -0.25) is 9.59 Å². The molecular formula is C31H39Cl2N3O5. The monoisotopic (exact) mass is 603 g/mol. The summed E-state index contributed by atoms with van der Waals surface area (Å²) in [5.41, 5.74) is 1.75. The Kier molecular flexibility index (Phi) is 13.4. The van der Waals surface area contributed by atoms with Gasteiger partial charge in [-0.25, -0.2) is 4.79 Å². The molecule has 222 valence electrons. The van der Waals surface area contributed by atoms with Gasteiger partial charge >= 0.3 is 6.09 Å². The number of hydrogen-bond acceptors (Lipinski definition) is 5. The molecule has 10 heteroatoms. The third-order valence-electron chi connectivity index (χ3n) is 7.37. The topological polar surface area (TPSA) is 105 Å². The van der Waals surface area contributed by atoms with E-state index in [9.17, 15) is 19.2 Å². The molecule has 41 heavy (non-hydrogen) atoms. The zero-order chi connectivity index (χ0) is 29.6. The second kappa shape index (κ2) is 17.0. The molecule has 0 radical (unpaired) electrons. The molecule has 2 aromatic carbocycles. The fourth-order valence-electron chi connectivity index (χ4n) is 4.99. The van der Waals surface area contributed by atoms with Crippen LogP contribution in [0.1, 0.15) is 62.5 Å². The second-order valence-corrected chi connectivity index (χ2v) is 11.5. The summed E-state index contributed by atoms with van der Waals surface area (Å²) < 4.78 is 5.34. The minimum atomic E-state index is -0.858. The lowest BCUT2D eigenvalue weighted by molar-refractivity contribution is -0.131. The highest BCUT2D eigenvalue weighted by Gasteiger charge is 2.28. The molecule has 0 bridgehead atoms. The molecule has 0 heterocycles. The molecule has 2 N–H and O–H groups in total. The number of nitrogens with one attached hydrogen (secondary N) is 2. The van der Waals surface area contributed by atoms with E-state index in [-0.39, 0.29) is 31.3 Å². The lowest BCUT2D eigenvalue weighted by Gasteiger charge is -2.27. The van der Waals surface area contributed by atoms with Crippen LogP contribution in [0.25, 0.3) is 0 Å². The van der Waals surface area contributed by atoms with Gasteiger partial charge in [0, 0.05) is 30.1 Å². The number of aldehydes is 1. The molecule has 0 aliphatic heterocycles. The first kappa shape index (κ1) is 32.4. The highest BCUT2D eigenvalue weighted by atomic mass is 35.5. The highest BCUT2D eigenvalue weighted by Crippen LogP contribution is 2.27. The van der Waals surface area contributed by atoms with Crippen LogP contribution in [0.3, 0.4) is 0 Å². The van der Waals surface area contributed by atoms with Crippen molar-refractivity contribution in [2.45, 2.75) is 76.5 Å². The van der Waals surface area contributed by atoms with Crippen LogP contribution < -0.4 is 10.6 Å². The Labute approximate surface area is 252 Å². The molecule has 1 fully saturated rings. The quantitative estimate of drug-likeness (QED) is 0.269. The van der Waals surface area contributed by atoms with Gasteiger partial charge in [-0.05, 0) is 60.6 Å². The third kappa shape index (κ3) is 11.7. The average molecular weight is 605 g/mol. The van der Waals surface area contributed by atoms with Gasteiger partial charge in [0.25, 0.3) is 0 Å². The molecule has 1 aliphatic carbocycles. The lowest BCUT2D eigenvalue weighted by Crippen LogP contribution is -2.51. The summed E-state index contributed by atoms with van der Waals surface area (Å²) in [5, 5.41) is 6.59. The summed E-state index contributed by atoms with van der Waals surface area (Å²) in [5.74, 6) is -0.305. The minimum absolute atomic E-state index is 0.00800. The first-order chi connectivity index (χ1) is 19.7. The van der Waals surface area contributed by atoms with E-state index in [2.05, 4.69) is 10.6 Å². The second-order valence-electron chi connectivity index (χ2n) is 10.6. The van der Waals surface area contributed by atoms with Crippen LogP contribution in [0.2, 0.25) is 10.0 Å². The van der Waals surface area contributed by atoms with Crippen molar-refractivity contribution in [2.24, 2.45) is 5.92 Å². The van der Waals surface area contributed by atoms with Crippen molar-refractivity contribution in [1.29, 1.82) is 0 Å². The number of alkyl carbamates (subject to hydrolysis) is 1. The Balaban J connectivity index is 1.51. The summed E-state index contributed by atoms with van der Waals surface area (Å²) in [4.78, 5) is 52.0. The molecule has 1 aliphatic rings. The zero-order valence-electron chi connectivity index (χ0n) is 23.5. The van der Waals surface area contributed by atoms with Crippen LogP contribution in [0.4, 0.5) is 4.79 Å². The van der Waals surface area contributed by atoms with Crippen LogP contribution in [0, 0.1) is 5.92 Å². The number of benzene rings is 2. The van der Waals surface area contributed by atoms with Crippen molar-refractivity contribution >= 4 is 47.4 Å². The van der Waals surface area contributed by atoms with Gasteiger partial charge < -0.3 is 25.1 Å². The Morgan fingerprint density at radius 2 is 1.66 bits per heavy atom. The van der Waals surface area contributed by atoms with E-state index in [0.29, 0.717) is 35.7 Å². The maximum absolute atomic E-state index is 13.2. The van der Waals surface area contributed by atoms with Crippen LogP contribution in [0.5, 0.6) is 0 Å². The first-order valence-electron chi connectivity index (χ1n) is 14.1. The van der Waals surface area contributed by atoms with Crippen molar-refractivity contribution in [3.63, 3.8) is 0 Å². The molecule has 2 atom stereocenters. The predicted molar refractivity (Wildman–Crippen MR) is 160 cm³/mol. The van der Waals surface area contributed by atoms with Gasteiger partial charge in [-0.15, -0.1) is 0 Å². The van der Waals surface area contributed by atoms with Crippen molar-refractivity contribution in [3.8, 4) is 0 Å². The maximum atomic E-state index is 13.2. The first-order valence-corrected chi connectivity index (χ1v) is 14.9. The minimum Gasteiger partial charge on any atom is -0.445 e. The van der Waals surface area contributed by atoms with Crippen molar-refractivity contribution in [2.75, 3.05) is 13.6 Å². The van der Waals surface area contributed by atoms with Crippen molar-refractivity contribution in [1.82, 2.24) is 15.5 Å². The van der Waals surface area contributed by atoms with Crippen LogP contribution in [-0.4, -0.2) is 54.8 Å². The predicted octanol–water partition coefficient (Wildman–Crippen LogP) is 5.72. The summed E-state index contributed by atoms with van der Waals surface area (Å²) >= 11 is 12.0. The molecule has 0 spiro atoms. The summed E-state index contributed by atoms with van der Waals surface area (Å²) in [7, 11) is 1.71. The molecule has 1 saturated carbocycles. The smallest absolute Gasteiger partial charge is 0.408 e. The Morgan fingerprint density at radius 1 is 1.00 bits per heavy atom. The normalized spacial score (nSPS) is 14.9. The summed E-state index contributed by atoms with van der Waals surface area (Å²) in [6, 6.07) is 12.7. The number of ether oxygens (including phenoxy) is 1. The molecular weight excluding hydrogens is 565 g/mol. The largest absolute Gasteiger partial charge is 0.445 e. The Morgan fingerprint density at radius 3 is 2.32 bits per heavy atom. The third-order valence-corrected chi connectivity index (χ3v) is 7.84. The van der Waals surface area contributed by atoms with E-state index >= 15 is 0 Å². The Hall–Kier alpha value is -3.10. The van der Waals surface area contributed by atoms with Gasteiger partial charge in [0.2, 0.25) is 11.8 Å². The SMILES string of the molecule is CN(CCc1cccc(Cl)c1)C(=O)CC[C@H](C=O)NC(=O)[C@@H](CC1CCCCC1)NC(=O)OCc1cccc(Cl)c1. The summed E-state index contributed by atoms with van der Waals surface area (Å²) in [6.45, 7) is 0.510. The number of nitrogens with zero attached hydrogens (tertiary/aromatic N) is 1. The maximum Gasteiger partial charge on any atom is 0.408 e. The molecule has 2 aromatic rings. The fraction of sp³-hybridized carbons (Fsp3) is 0.484. The molecule has 8 nitrogen and oxygen atoms in total. The highest BCUT2D eigenvalue weighted by molar-refractivity contribution is 6.30. The van der Waals surface area contributed by atoms with Gasteiger partial charge in [0.1, 0.15) is 18.9 Å². The molecule has 3 rings (SSSR count). The number of carbonyl (C=O) groups is 4. The van der Waals surface area contributed by atoms with E-state index in [1.165, 1.54) is 0 Å². The Bertz CT molecular complexity index is 1170. The fourth-order valence-corrected chi connectivity index (χ4v) is 5.41. The standard InChI is InChI=1S/C31H39Cl2N3O5/c1-36(16-15-23-9-5-11-25(32)17-23)29(38)14-13-27(20-37)34-30(39)28(19-22-7-3-2-4-8-22)35-31(40)41-21-24-10-6-12-26(33)18-24/h5-6,9-12,17-18,20,22,27-28H,2-4,7-8,13-16,19,21H2,1H3,(H,34,39)(H,35,40)/t27-,28-/m1/s1. The van der Waals surface area contributed by atoms with Gasteiger partial charge in [-0.1, -0.05) is 79.6 Å². The number of likely N-dealkylation sites (N-methyl/N-ethyl adjacent to an activating group) is 1. The van der Waals surface area contributed by atoms with Crippen LogP contribution >= 0.6 is 23.2 Å². The summed E-state index contributed by atoms with van der Waals surface area (Å²) in [6.07, 6.45) is 6.57. The number of rotatable bonds is 14. The van der Waals surface area contributed by atoms with Crippen LogP contribution in [-0.2, 0) is 32.1 Å². The van der Waals surface area contributed by atoms with E-state index in [0.717, 1.165) is 43.2 Å². The lowest BCUT2D eigenvalue weighted by atomic mass is 9.84. The zero-order valence-corrected chi connectivity index (χ0v) is 25.0. The van der Waals surface area contributed by atoms with E-state index in [1.807, 2.05) is 18.2 Å². The number of halogens is 2. The van der Waals surface area contributed by atoms with Gasteiger partial charge in [0.05, 0.1) is 6.04 Å². The van der Waals surface area contributed by atoms with E-state index in [4.69, 9.17) is 27.9 Å². The van der Waals surface area contributed by atoms with E-state index in [1.54, 1.807) is 42.3 Å². The van der Waals surface area contributed by atoms with E-state index < -0.39 is 24.1 Å². The van der Waals surface area contributed by atoms with Gasteiger partial charge in [-0.2, -0.15) is 0 Å². The number of hydrogen-bond donors (Lipinski definition) is 2. The van der Waals surface area contributed by atoms with Crippen molar-refractivity contribution < 1.29 is 23.9 Å². The van der Waals surface area contributed by atoms with Gasteiger partial charge in [0.15, 0.2) is 0 Å². The molecule has 0 aromatic heterocycles. The molecule has 3 amide bonds. The average Bonchev–Trinajstić information content (AvgIpc) is 2.97. The number of carbonyl (C=O) groups excluding carboxylic acids is 4. The molecule has 0 saturated heterocycles. The molecule has 0 unspecified atom stereocenters. The van der Waals surface area contributed by atoms with Crippen LogP contribution in [0.15, 0.2) is 48.5 Å².